The van der Waals surface area contributed by atoms with Gasteiger partial charge < -0.3 is 9.47 Å². The van der Waals surface area contributed by atoms with Crippen molar-refractivity contribution in [1.82, 2.24) is 10.2 Å². The lowest BCUT2D eigenvalue weighted by Gasteiger charge is -2.11. The van der Waals surface area contributed by atoms with Gasteiger partial charge in [0.1, 0.15) is 11.5 Å². The number of aromatic nitrogens is 2. The molecule has 0 aliphatic rings. The molecule has 11 heteroatoms. The lowest BCUT2D eigenvalue weighted by Crippen LogP contribution is -2.13. The van der Waals surface area contributed by atoms with Crippen LogP contribution in [0, 0.1) is 0 Å². The highest BCUT2D eigenvalue weighted by Gasteiger charge is 2.23. The first-order valence-corrected chi connectivity index (χ1v) is 10.2. The summed E-state index contributed by atoms with van der Waals surface area (Å²) in [6, 6.07) is 13.1. The summed E-state index contributed by atoms with van der Waals surface area (Å²) in [5.41, 5.74) is 0.636. The van der Waals surface area contributed by atoms with E-state index in [0.717, 1.165) is 11.3 Å². The summed E-state index contributed by atoms with van der Waals surface area (Å²) in [7, 11) is -1.12. The van der Waals surface area contributed by atoms with Crippen molar-refractivity contribution in [2.45, 2.75) is 4.34 Å². The standard InChI is InChI=1S/C17H16N4O5S2/c1-25-12-8-9-13(14(10-12)26-2)21-28(23,24)17-20-19-16(27-17)18-15(22)11-6-4-3-5-7-11/h3-10,21H,1-2H3,(H,18,19,22). The highest BCUT2D eigenvalue weighted by atomic mass is 32.2. The molecule has 2 aromatic carbocycles. The maximum absolute atomic E-state index is 12.6. The van der Waals surface area contributed by atoms with Crippen LogP contribution in [0.1, 0.15) is 10.4 Å². The van der Waals surface area contributed by atoms with Crippen molar-refractivity contribution in [3.8, 4) is 11.5 Å². The van der Waals surface area contributed by atoms with Crippen LogP contribution in [0.15, 0.2) is 52.9 Å². The molecule has 0 radical (unpaired) electrons. The number of ether oxygens (including phenoxy) is 2. The quantitative estimate of drug-likeness (QED) is 0.564. The zero-order chi connectivity index (χ0) is 20.1. The molecule has 0 saturated heterocycles. The molecule has 9 nitrogen and oxygen atoms in total. The molecular formula is C17H16N4O5S2. The third-order valence-electron chi connectivity index (χ3n) is 3.55. The summed E-state index contributed by atoms with van der Waals surface area (Å²) < 4.78 is 37.5. The molecule has 3 aromatic rings. The van der Waals surface area contributed by atoms with Gasteiger partial charge in [-0.1, -0.05) is 29.5 Å². The Balaban J connectivity index is 1.77. The fourth-order valence-corrected chi connectivity index (χ4v) is 4.17. The van der Waals surface area contributed by atoms with E-state index in [2.05, 4.69) is 20.2 Å². The molecule has 2 N–H and O–H groups in total. The second-order valence-electron chi connectivity index (χ2n) is 5.36. The lowest BCUT2D eigenvalue weighted by molar-refractivity contribution is 0.102. The minimum Gasteiger partial charge on any atom is -0.497 e. The number of rotatable bonds is 7. The Labute approximate surface area is 165 Å². The molecular weight excluding hydrogens is 404 g/mol. The van der Waals surface area contributed by atoms with Crippen molar-refractivity contribution >= 4 is 38.1 Å². The van der Waals surface area contributed by atoms with E-state index in [0.29, 0.717) is 11.3 Å². The van der Waals surface area contributed by atoms with Crippen molar-refractivity contribution in [2.24, 2.45) is 0 Å². The molecule has 1 heterocycles. The number of anilines is 2. The fourth-order valence-electron chi connectivity index (χ4n) is 2.20. The molecule has 0 aliphatic carbocycles. The summed E-state index contributed by atoms with van der Waals surface area (Å²) in [4.78, 5) is 12.1. The molecule has 0 unspecified atom stereocenters. The van der Waals surface area contributed by atoms with E-state index in [1.165, 1.54) is 20.3 Å². The topological polar surface area (TPSA) is 120 Å². The zero-order valence-electron chi connectivity index (χ0n) is 14.9. The van der Waals surface area contributed by atoms with Gasteiger partial charge in [-0.3, -0.25) is 14.8 Å². The number of sulfonamides is 1. The summed E-state index contributed by atoms with van der Waals surface area (Å²) in [5, 5.41) is 9.97. The van der Waals surface area contributed by atoms with Crippen molar-refractivity contribution < 1.29 is 22.7 Å². The van der Waals surface area contributed by atoms with Crippen molar-refractivity contribution in [3.63, 3.8) is 0 Å². The van der Waals surface area contributed by atoms with Crippen LogP contribution < -0.4 is 19.5 Å². The molecule has 1 amide bonds. The molecule has 0 bridgehead atoms. The summed E-state index contributed by atoms with van der Waals surface area (Å²) >= 11 is 0.733. The Kier molecular flexibility index (Phi) is 5.76. The minimum absolute atomic E-state index is 0.0657. The Bertz CT molecular complexity index is 1080. The number of hydrogen-bond acceptors (Lipinski definition) is 8. The average Bonchev–Trinajstić information content (AvgIpc) is 3.18. The maximum atomic E-state index is 12.6. The predicted molar refractivity (Wildman–Crippen MR) is 105 cm³/mol. The average molecular weight is 420 g/mol. The number of carbonyl (C=O) groups excluding carboxylic acids is 1. The van der Waals surface area contributed by atoms with E-state index < -0.39 is 15.9 Å². The molecule has 28 heavy (non-hydrogen) atoms. The van der Waals surface area contributed by atoms with Gasteiger partial charge in [0.05, 0.1) is 19.9 Å². The SMILES string of the molecule is COc1ccc(NS(=O)(=O)c2nnc(NC(=O)c3ccccc3)s2)c(OC)c1. The van der Waals surface area contributed by atoms with Crippen LogP contribution in [0.4, 0.5) is 10.8 Å². The molecule has 0 saturated carbocycles. The van der Waals surface area contributed by atoms with Crippen LogP contribution in [0.2, 0.25) is 0 Å². The van der Waals surface area contributed by atoms with Crippen molar-refractivity contribution in [3.05, 3.63) is 54.1 Å². The first kappa shape index (κ1) is 19.6. The number of benzene rings is 2. The highest BCUT2D eigenvalue weighted by molar-refractivity contribution is 7.94. The van der Waals surface area contributed by atoms with Gasteiger partial charge in [0.15, 0.2) is 0 Å². The van der Waals surface area contributed by atoms with Gasteiger partial charge in [0.2, 0.25) is 5.13 Å². The first-order valence-electron chi connectivity index (χ1n) is 7.87. The van der Waals surface area contributed by atoms with Crippen LogP contribution in [-0.4, -0.2) is 38.7 Å². The zero-order valence-corrected chi connectivity index (χ0v) is 16.5. The second kappa shape index (κ2) is 8.23. The number of methoxy groups -OCH3 is 2. The van der Waals surface area contributed by atoms with Gasteiger partial charge in [0, 0.05) is 11.6 Å². The number of hydrogen-bond donors (Lipinski definition) is 2. The molecule has 0 atom stereocenters. The largest absolute Gasteiger partial charge is 0.497 e. The van der Waals surface area contributed by atoms with Crippen LogP contribution in [0.3, 0.4) is 0 Å². The van der Waals surface area contributed by atoms with Crippen LogP contribution in [0.5, 0.6) is 11.5 Å². The van der Waals surface area contributed by atoms with Crippen LogP contribution >= 0.6 is 11.3 Å². The van der Waals surface area contributed by atoms with E-state index in [-0.39, 0.29) is 20.9 Å². The van der Waals surface area contributed by atoms with E-state index >= 15 is 0 Å². The maximum Gasteiger partial charge on any atom is 0.291 e. The van der Waals surface area contributed by atoms with Crippen molar-refractivity contribution in [2.75, 3.05) is 24.3 Å². The summed E-state index contributed by atoms with van der Waals surface area (Å²) in [5.74, 6) is 0.386. The summed E-state index contributed by atoms with van der Waals surface area (Å²) in [6.45, 7) is 0. The van der Waals surface area contributed by atoms with Gasteiger partial charge in [-0.2, -0.15) is 8.42 Å². The smallest absolute Gasteiger partial charge is 0.291 e. The fraction of sp³-hybridized carbons (Fsp3) is 0.118. The van der Waals surface area contributed by atoms with E-state index in [4.69, 9.17) is 9.47 Å². The number of carbonyl (C=O) groups is 1. The van der Waals surface area contributed by atoms with Crippen LogP contribution in [-0.2, 0) is 10.0 Å². The third kappa shape index (κ3) is 4.38. The molecule has 1 aromatic heterocycles. The van der Waals surface area contributed by atoms with Gasteiger partial charge in [-0.15, -0.1) is 10.2 Å². The van der Waals surface area contributed by atoms with Gasteiger partial charge in [0.25, 0.3) is 20.3 Å². The molecule has 0 aliphatic heterocycles. The van der Waals surface area contributed by atoms with Crippen LogP contribution in [0.25, 0.3) is 0 Å². The molecule has 146 valence electrons. The normalized spacial score (nSPS) is 10.9. The van der Waals surface area contributed by atoms with Gasteiger partial charge in [-0.05, 0) is 24.3 Å². The van der Waals surface area contributed by atoms with E-state index in [9.17, 15) is 13.2 Å². The monoisotopic (exact) mass is 420 g/mol. The number of nitrogens with zero attached hydrogens (tertiary/aromatic N) is 2. The Morgan fingerprint density at radius 2 is 1.79 bits per heavy atom. The minimum atomic E-state index is -4.02. The first-order chi connectivity index (χ1) is 13.4. The summed E-state index contributed by atoms with van der Waals surface area (Å²) in [6.07, 6.45) is 0. The van der Waals surface area contributed by atoms with Gasteiger partial charge >= 0.3 is 0 Å². The highest BCUT2D eigenvalue weighted by Crippen LogP contribution is 2.31. The molecule has 0 spiro atoms. The number of amides is 1. The van der Waals surface area contributed by atoms with E-state index in [1.807, 2.05) is 0 Å². The third-order valence-corrected chi connectivity index (χ3v) is 6.12. The molecule has 3 rings (SSSR count). The number of nitrogens with one attached hydrogen (secondary N) is 2. The second-order valence-corrected chi connectivity index (χ2v) is 8.20. The Hall–Kier alpha value is -3.18. The molecule has 0 fully saturated rings. The lowest BCUT2D eigenvalue weighted by atomic mass is 10.2. The van der Waals surface area contributed by atoms with Crippen molar-refractivity contribution in [1.29, 1.82) is 0 Å². The van der Waals surface area contributed by atoms with E-state index in [1.54, 1.807) is 42.5 Å². The Morgan fingerprint density at radius 3 is 2.46 bits per heavy atom. The predicted octanol–water partition coefficient (Wildman–Crippen LogP) is 2.61. The Morgan fingerprint density at radius 1 is 1.04 bits per heavy atom. The van der Waals surface area contributed by atoms with Gasteiger partial charge in [-0.25, -0.2) is 0 Å².